The number of non-ortho nitro benzene ring substituents is 1. The average molecular weight is 494 g/mol. The van der Waals surface area contributed by atoms with Crippen molar-refractivity contribution < 1.29 is 24.4 Å². The number of aromatic carboxylic acids is 1. The van der Waals surface area contributed by atoms with Crippen LogP contribution >= 0.6 is 11.8 Å². The van der Waals surface area contributed by atoms with Crippen molar-refractivity contribution in [2.24, 2.45) is 0 Å². The van der Waals surface area contributed by atoms with E-state index in [2.05, 4.69) is 10.6 Å². The van der Waals surface area contributed by atoms with Gasteiger partial charge in [-0.1, -0.05) is 19.1 Å². The third-order valence-corrected chi connectivity index (χ3v) is 6.47. The summed E-state index contributed by atoms with van der Waals surface area (Å²) in [7, 11) is 0. The highest BCUT2D eigenvalue weighted by atomic mass is 32.2. The number of nitrogens with one attached hydrogen (secondary N) is 2. The van der Waals surface area contributed by atoms with Crippen LogP contribution in [0.1, 0.15) is 39.6 Å². The first-order chi connectivity index (χ1) is 16.7. The molecule has 0 saturated carbocycles. The summed E-state index contributed by atoms with van der Waals surface area (Å²) in [6.45, 7) is 3.66. The molecule has 0 heterocycles. The van der Waals surface area contributed by atoms with Gasteiger partial charge >= 0.3 is 5.97 Å². The third kappa shape index (κ3) is 6.67. The van der Waals surface area contributed by atoms with Gasteiger partial charge in [-0.05, 0) is 61.4 Å². The molecule has 1 atom stereocenters. The Bertz CT molecular complexity index is 1280. The zero-order valence-electron chi connectivity index (χ0n) is 19.0. The molecule has 9 nitrogen and oxygen atoms in total. The molecular weight excluding hydrogens is 470 g/mol. The Morgan fingerprint density at radius 2 is 1.69 bits per heavy atom. The SMILES string of the molecule is CCC(Sc1cccc(NC(=O)c2ccc([N+](=O)[O-])cc2)c1)C(=O)Nc1cc(C(=O)O)ccc1C. The molecule has 0 aliphatic carbocycles. The van der Waals surface area contributed by atoms with Gasteiger partial charge in [0.05, 0.1) is 15.7 Å². The van der Waals surface area contributed by atoms with Gasteiger partial charge in [0.1, 0.15) is 0 Å². The number of carbonyl (C=O) groups excluding carboxylic acids is 2. The van der Waals surface area contributed by atoms with Gasteiger partial charge in [-0.3, -0.25) is 19.7 Å². The van der Waals surface area contributed by atoms with Gasteiger partial charge < -0.3 is 15.7 Å². The van der Waals surface area contributed by atoms with Crippen LogP contribution in [0.2, 0.25) is 0 Å². The van der Waals surface area contributed by atoms with E-state index in [0.717, 1.165) is 10.5 Å². The van der Waals surface area contributed by atoms with Crippen LogP contribution in [0.3, 0.4) is 0 Å². The molecule has 2 amide bonds. The van der Waals surface area contributed by atoms with Crippen LogP contribution in [-0.2, 0) is 4.79 Å². The summed E-state index contributed by atoms with van der Waals surface area (Å²) >= 11 is 1.32. The maximum Gasteiger partial charge on any atom is 0.335 e. The third-order valence-electron chi connectivity index (χ3n) is 5.12. The number of hydrogen-bond donors (Lipinski definition) is 3. The van der Waals surface area contributed by atoms with E-state index in [1.807, 2.05) is 13.0 Å². The van der Waals surface area contributed by atoms with Crippen molar-refractivity contribution in [1.29, 1.82) is 0 Å². The number of carboxylic acids is 1. The summed E-state index contributed by atoms with van der Waals surface area (Å²) in [4.78, 5) is 47.7. The van der Waals surface area contributed by atoms with Crippen molar-refractivity contribution >= 4 is 46.6 Å². The molecule has 3 N–H and O–H groups in total. The minimum atomic E-state index is -1.07. The minimum Gasteiger partial charge on any atom is -0.478 e. The molecule has 1 unspecified atom stereocenters. The monoisotopic (exact) mass is 493 g/mol. The lowest BCUT2D eigenvalue weighted by atomic mass is 10.1. The van der Waals surface area contributed by atoms with E-state index in [-0.39, 0.29) is 22.7 Å². The molecule has 180 valence electrons. The quantitative estimate of drug-likeness (QED) is 0.207. The molecule has 3 rings (SSSR count). The number of hydrogen-bond acceptors (Lipinski definition) is 6. The Morgan fingerprint density at radius 3 is 2.31 bits per heavy atom. The number of nitro groups is 1. The predicted molar refractivity (Wildman–Crippen MR) is 134 cm³/mol. The minimum absolute atomic E-state index is 0.0862. The molecule has 0 spiro atoms. The number of thioether (sulfide) groups is 1. The fourth-order valence-corrected chi connectivity index (χ4v) is 4.19. The van der Waals surface area contributed by atoms with Crippen LogP contribution in [0.25, 0.3) is 0 Å². The van der Waals surface area contributed by atoms with Crippen molar-refractivity contribution in [2.75, 3.05) is 10.6 Å². The van der Waals surface area contributed by atoms with E-state index in [4.69, 9.17) is 0 Å². The second-order valence-corrected chi connectivity index (χ2v) is 8.90. The van der Waals surface area contributed by atoms with Gasteiger partial charge in [0.15, 0.2) is 0 Å². The first-order valence-electron chi connectivity index (χ1n) is 10.6. The van der Waals surface area contributed by atoms with Gasteiger partial charge in [0.25, 0.3) is 11.6 Å². The van der Waals surface area contributed by atoms with Crippen molar-refractivity contribution in [3.05, 3.63) is 93.5 Å². The summed E-state index contributed by atoms with van der Waals surface area (Å²) in [6, 6.07) is 16.9. The molecule has 35 heavy (non-hydrogen) atoms. The van der Waals surface area contributed by atoms with Gasteiger partial charge in [-0.25, -0.2) is 4.79 Å². The molecule has 3 aromatic carbocycles. The summed E-state index contributed by atoms with van der Waals surface area (Å²) in [5.41, 5.74) is 1.96. The van der Waals surface area contributed by atoms with E-state index in [9.17, 15) is 29.6 Å². The number of amides is 2. The number of nitrogens with zero attached hydrogens (tertiary/aromatic N) is 1. The average Bonchev–Trinajstić information content (AvgIpc) is 2.83. The number of carbonyl (C=O) groups is 3. The lowest BCUT2D eigenvalue weighted by molar-refractivity contribution is -0.384. The highest BCUT2D eigenvalue weighted by molar-refractivity contribution is 8.00. The van der Waals surface area contributed by atoms with Crippen LogP contribution in [-0.4, -0.2) is 33.1 Å². The van der Waals surface area contributed by atoms with Crippen LogP contribution in [0.5, 0.6) is 0 Å². The maximum absolute atomic E-state index is 12.9. The zero-order chi connectivity index (χ0) is 25.5. The lowest BCUT2D eigenvalue weighted by Gasteiger charge is -2.17. The van der Waals surface area contributed by atoms with Crippen LogP contribution in [0.4, 0.5) is 17.1 Å². The smallest absolute Gasteiger partial charge is 0.335 e. The van der Waals surface area contributed by atoms with E-state index in [0.29, 0.717) is 17.8 Å². The van der Waals surface area contributed by atoms with Crippen LogP contribution in [0.15, 0.2) is 71.6 Å². The summed E-state index contributed by atoms with van der Waals surface area (Å²) < 4.78 is 0. The molecule has 0 radical (unpaired) electrons. The molecule has 0 aromatic heterocycles. The molecule has 10 heteroatoms. The Kier molecular flexibility index (Phi) is 8.21. The fourth-order valence-electron chi connectivity index (χ4n) is 3.17. The van der Waals surface area contributed by atoms with Crippen molar-refractivity contribution in [1.82, 2.24) is 0 Å². The molecule has 0 saturated heterocycles. The van der Waals surface area contributed by atoms with E-state index in [1.54, 1.807) is 31.2 Å². The number of nitro benzene ring substituents is 1. The number of rotatable bonds is 9. The van der Waals surface area contributed by atoms with Crippen molar-refractivity contribution in [3.63, 3.8) is 0 Å². The lowest BCUT2D eigenvalue weighted by Crippen LogP contribution is -2.25. The Hall–Kier alpha value is -4.18. The number of carboxylic acid groups (broad SMARTS) is 1. The van der Waals surface area contributed by atoms with Crippen LogP contribution < -0.4 is 10.6 Å². The largest absolute Gasteiger partial charge is 0.478 e. The second-order valence-electron chi connectivity index (χ2n) is 7.62. The van der Waals surface area contributed by atoms with Gasteiger partial charge in [0, 0.05) is 34.0 Å². The number of benzene rings is 3. The summed E-state index contributed by atoms with van der Waals surface area (Å²) in [5, 5.41) is 25.1. The Morgan fingerprint density at radius 1 is 1.00 bits per heavy atom. The number of anilines is 2. The summed E-state index contributed by atoms with van der Waals surface area (Å²) in [5.74, 6) is -1.75. The van der Waals surface area contributed by atoms with Gasteiger partial charge in [-0.15, -0.1) is 11.8 Å². The second kappa shape index (κ2) is 11.3. The first-order valence-corrected chi connectivity index (χ1v) is 11.5. The molecule has 0 fully saturated rings. The van der Waals surface area contributed by atoms with E-state index >= 15 is 0 Å². The molecule has 3 aromatic rings. The molecule has 0 bridgehead atoms. The highest BCUT2D eigenvalue weighted by Crippen LogP contribution is 2.29. The highest BCUT2D eigenvalue weighted by Gasteiger charge is 2.20. The predicted octanol–water partition coefficient (Wildman–Crippen LogP) is 5.36. The molecule has 0 aliphatic heterocycles. The Labute approximate surface area is 205 Å². The zero-order valence-corrected chi connectivity index (χ0v) is 19.8. The first kappa shape index (κ1) is 25.4. The van der Waals surface area contributed by atoms with E-state index < -0.39 is 22.0 Å². The van der Waals surface area contributed by atoms with E-state index in [1.165, 1.54) is 48.2 Å². The standard InChI is InChI=1S/C25H23N3O6S/c1-3-22(24(30)27-21-13-17(25(31)32)8-7-15(21)2)35-20-6-4-5-18(14-20)26-23(29)16-9-11-19(12-10-16)28(33)34/h4-14,22H,3H2,1-2H3,(H,26,29)(H,27,30)(H,31,32). The topological polar surface area (TPSA) is 139 Å². The maximum atomic E-state index is 12.9. The molecule has 0 aliphatic rings. The normalized spacial score (nSPS) is 11.4. The van der Waals surface area contributed by atoms with Crippen molar-refractivity contribution in [3.8, 4) is 0 Å². The summed E-state index contributed by atoms with van der Waals surface area (Å²) in [6.07, 6.45) is 0.521. The Balaban J connectivity index is 1.68. The van der Waals surface area contributed by atoms with Gasteiger partial charge in [-0.2, -0.15) is 0 Å². The number of aryl methyl sites for hydroxylation is 1. The van der Waals surface area contributed by atoms with Crippen molar-refractivity contribution in [2.45, 2.75) is 30.4 Å². The van der Waals surface area contributed by atoms with Crippen LogP contribution in [0, 0.1) is 17.0 Å². The van der Waals surface area contributed by atoms with Gasteiger partial charge in [0.2, 0.25) is 5.91 Å². The molecular formula is C25H23N3O6S. The fraction of sp³-hybridized carbons (Fsp3) is 0.160.